The fraction of sp³-hybridized carbons (Fsp3) is 0.761. The zero-order chi connectivity index (χ0) is 49.5. The average Bonchev–Trinajstić information content (AvgIpc) is 3.54. The molecule has 2 heterocycles. The molecule has 384 valence electrons. The van der Waals surface area contributed by atoms with E-state index in [0.717, 1.165) is 74.5 Å². The van der Waals surface area contributed by atoms with Gasteiger partial charge < -0.3 is 39.9 Å². The Morgan fingerprint density at radius 3 is 1.99 bits per heavy atom. The third-order valence-electron chi connectivity index (χ3n) is 10.9. The summed E-state index contributed by atoms with van der Waals surface area (Å²) in [5.41, 5.74) is 4.57. The maximum atomic E-state index is 12.8. The van der Waals surface area contributed by atoms with Gasteiger partial charge in [0.25, 0.3) is 0 Å². The third-order valence-corrected chi connectivity index (χ3v) is 13.5. The number of esters is 2. The summed E-state index contributed by atoms with van der Waals surface area (Å²) in [6, 6.07) is 1.24. The lowest BCUT2D eigenvalue weighted by atomic mass is 10.0. The molecule has 1 saturated heterocycles. The number of allylic oxidation sites excluding steroid dienone is 4. The SMILES string of the molecule is CCCCC/C=C\C=C\C(=O)CCCCCCCC(=O)O[C@H](COC(=O)CCCCCCCCCCCCC(C)C)COP(=O)(O)OP(=O)(O)OC[C@H]1O[C@@H](n2ccc(N)nc2=O)[C@H](O)[C@@H]1O. The molecule has 0 aromatic carbocycles. The number of phosphoric acid groups is 2. The van der Waals surface area contributed by atoms with Gasteiger partial charge in [-0.3, -0.25) is 28.0 Å². The van der Waals surface area contributed by atoms with Gasteiger partial charge in [0.2, 0.25) is 0 Å². The van der Waals surface area contributed by atoms with E-state index in [9.17, 15) is 48.3 Å². The summed E-state index contributed by atoms with van der Waals surface area (Å²) in [6.45, 7) is 4.26. The minimum absolute atomic E-state index is 0.0318. The fourth-order valence-electron chi connectivity index (χ4n) is 7.13. The highest BCUT2D eigenvalue weighted by Gasteiger charge is 2.46. The van der Waals surface area contributed by atoms with Crippen LogP contribution in [0.4, 0.5) is 5.82 Å². The smallest absolute Gasteiger partial charge is 0.462 e. The largest absolute Gasteiger partial charge is 0.481 e. The first-order valence-electron chi connectivity index (χ1n) is 24.2. The van der Waals surface area contributed by atoms with Crippen LogP contribution in [0.2, 0.25) is 0 Å². The van der Waals surface area contributed by atoms with Crippen LogP contribution < -0.4 is 11.4 Å². The van der Waals surface area contributed by atoms with E-state index in [-0.39, 0.29) is 24.4 Å². The molecule has 0 amide bonds. The highest BCUT2D eigenvalue weighted by atomic mass is 31.3. The number of ether oxygens (including phenoxy) is 3. The Balaban J connectivity index is 1.84. The average molecular weight is 992 g/mol. The predicted octanol–water partition coefficient (Wildman–Crippen LogP) is 8.48. The maximum Gasteiger partial charge on any atom is 0.481 e. The van der Waals surface area contributed by atoms with E-state index in [1.165, 1.54) is 51.0 Å². The van der Waals surface area contributed by atoms with Crippen LogP contribution >= 0.6 is 15.6 Å². The molecule has 0 saturated carbocycles. The molecule has 67 heavy (non-hydrogen) atoms. The second-order valence-electron chi connectivity index (χ2n) is 17.5. The second-order valence-corrected chi connectivity index (χ2v) is 20.5. The molecule has 0 bridgehead atoms. The standard InChI is InChI=1S/C46H79N3O16P2/c1-4-5-6-7-12-17-22-27-37(50)28-23-18-15-20-25-30-42(52)63-38(33-60-41(51)29-24-19-14-11-9-8-10-13-16-21-26-36(2)3)34-61-66(56,57)65-67(58,59)62-35-39-43(53)44(54)45(64-39)49-32-31-40(47)48-46(49)55/h12,17,22,27,31-32,36,38-39,43-45,53-54H,4-11,13-16,18-21,23-26,28-30,33-35H2,1-3H3,(H,56,57)(H,58,59)(H2,47,48,55)/b17-12-,27-22+/t38-,39-,43-,44-,45-/m1/s1. The molecular formula is C46H79N3O16P2. The molecule has 0 radical (unpaired) electrons. The Hall–Kier alpha value is -3.09. The Morgan fingerprint density at radius 1 is 0.791 bits per heavy atom. The van der Waals surface area contributed by atoms with Gasteiger partial charge in [-0.25, -0.2) is 13.9 Å². The van der Waals surface area contributed by atoms with Crippen LogP contribution in [0.15, 0.2) is 41.4 Å². The van der Waals surface area contributed by atoms with Gasteiger partial charge in [-0.1, -0.05) is 135 Å². The third kappa shape index (κ3) is 28.2. The van der Waals surface area contributed by atoms with E-state index in [2.05, 4.69) is 36.1 Å². The van der Waals surface area contributed by atoms with Crippen molar-refractivity contribution >= 4 is 39.2 Å². The minimum Gasteiger partial charge on any atom is -0.462 e. The zero-order valence-corrected chi connectivity index (χ0v) is 41.7. The number of nitrogens with two attached hydrogens (primary N) is 1. The molecule has 1 aromatic heterocycles. The Bertz CT molecular complexity index is 1790. The van der Waals surface area contributed by atoms with Crippen molar-refractivity contribution < 1.29 is 71.1 Å². The van der Waals surface area contributed by atoms with Crippen LogP contribution in [0.5, 0.6) is 0 Å². The molecule has 19 nitrogen and oxygen atoms in total. The van der Waals surface area contributed by atoms with Crippen LogP contribution in [-0.4, -0.2) is 91.5 Å². The lowest BCUT2D eigenvalue weighted by Gasteiger charge is -2.21. The normalized spacial score (nSPS) is 19.8. The van der Waals surface area contributed by atoms with Gasteiger partial charge in [-0.05, 0) is 50.2 Å². The van der Waals surface area contributed by atoms with Crippen molar-refractivity contribution in [2.24, 2.45) is 5.92 Å². The van der Waals surface area contributed by atoms with E-state index < -0.39 is 83.7 Å². The van der Waals surface area contributed by atoms with E-state index in [1.807, 2.05) is 6.08 Å². The van der Waals surface area contributed by atoms with Crippen molar-refractivity contribution in [2.75, 3.05) is 25.6 Å². The van der Waals surface area contributed by atoms with Crippen molar-refractivity contribution in [1.29, 1.82) is 0 Å². The van der Waals surface area contributed by atoms with Gasteiger partial charge in [0.1, 0.15) is 30.7 Å². The molecule has 7 atom stereocenters. The highest BCUT2D eigenvalue weighted by molar-refractivity contribution is 7.61. The van der Waals surface area contributed by atoms with Gasteiger partial charge in [0.05, 0.1) is 13.2 Å². The molecule has 1 aromatic rings. The first kappa shape index (κ1) is 60.0. The number of carbonyl (C=O) groups is 3. The summed E-state index contributed by atoms with van der Waals surface area (Å²) >= 11 is 0. The van der Waals surface area contributed by atoms with Crippen molar-refractivity contribution in [3.8, 4) is 0 Å². The van der Waals surface area contributed by atoms with Crippen molar-refractivity contribution in [3.63, 3.8) is 0 Å². The second kappa shape index (κ2) is 34.2. The van der Waals surface area contributed by atoms with Crippen LogP contribution in [0.1, 0.15) is 175 Å². The van der Waals surface area contributed by atoms with E-state index in [1.54, 1.807) is 12.2 Å². The van der Waals surface area contributed by atoms with Gasteiger partial charge in [-0.15, -0.1) is 0 Å². The molecule has 2 unspecified atom stereocenters. The summed E-state index contributed by atoms with van der Waals surface area (Å²) in [4.78, 5) is 73.9. The van der Waals surface area contributed by atoms with Crippen molar-refractivity contribution in [1.82, 2.24) is 9.55 Å². The Labute approximate surface area is 396 Å². The summed E-state index contributed by atoms with van der Waals surface area (Å²) < 4.78 is 56.6. The Morgan fingerprint density at radius 2 is 1.37 bits per heavy atom. The molecule has 2 rings (SSSR count). The molecule has 1 aliphatic rings. The molecular weight excluding hydrogens is 912 g/mol. The molecule has 0 spiro atoms. The summed E-state index contributed by atoms with van der Waals surface area (Å²) in [7, 11) is -10.9. The van der Waals surface area contributed by atoms with Crippen LogP contribution in [0.3, 0.4) is 0 Å². The number of phosphoric ester groups is 2. The summed E-state index contributed by atoms with van der Waals surface area (Å²) in [6.07, 6.45) is 21.0. The first-order valence-corrected chi connectivity index (χ1v) is 27.2. The number of hydrogen-bond donors (Lipinski definition) is 5. The van der Waals surface area contributed by atoms with Crippen LogP contribution in [0.25, 0.3) is 0 Å². The summed E-state index contributed by atoms with van der Waals surface area (Å²) in [5.74, 6) is -0.597. The van der Waals surface area contributed by atoms with Gasteiger partial charge in [-0.2, -0.15) is 9.29 Å². The molecule has 1 fully saturated rings. The number of unbranched alkanes of at least 4 members (excludes halogenated alkanes) is 16. The number of rotatable bonds is 39. The minimum atomic E-state index is -5.44. The van der Waals surface area contributed by atoms with Crippen molar-refractivity contribution in [3.05, 3.63) is 47.1 Å². The van der Waals surface area contributed by atoms with Gasteiger partial charge in [0, 0.05) is 25.5 Å². The molecule has 0 aliphatic carbocycles. The van der Waals surface area contributed by atoms with Crippen molar-refractivity contribution in [2.45, 2.75) is 199 Å². The number of anilines is 1. The number of nitrogens with zero attached hydrogens (tertiary/aromatic N) is 2. The lowest BCUT2D eigenvalue weighted by Crippen LogP contribution is -2.36. The number of hydrogen-bond acceptors (Lipinski definition) is 16. The monoisotopic (exact) mass is 991 g/mol. The van der Waals surface area contributed by atoms with E-state index >= 15 is 0 Å². The van der Waals surface area contributed by atoms with Crippen LogP contribution in [-0.2, 0) is 51.1 Å². The lowest BCUT2D eigenvalue weighted by molar-refractivity contribution is -0.161. The molecule has 6 N–H and O–H groups in total. The van der Waals surface area contributed by atoms with Gasteiger partial charge in [0.15, 0.2) is 18.1 Å². The van der Waals surface area contributed by atoms with E-state index in [4.69, 9.17) is 29.0 Å². The topological polar surface area (TPSA) is 283 Å². The Kier molecular flexibility index (Phi) is 30.7. The van der Waals surface area contributed by atoms with Crippen LogP contribution in [0, 0.1) is 5.92 Å². The highest BCUT2D eigenvalue weighted by Crippen LogP contribution is 2.60. The number of aliphatic hydroxyl groups excluding tert-OH is 2. The number of nitrogen functional groups attached to an aromatic ring is 1. The number of ketones is 1. The maximum absolute atomic E-state index is 12.8. The first-order chi connectivity index (χ1) is 31.9. The zero-order valence-electron chi connectivity index (χ0n) is 39.9. The van der Waals surface area contributed by atoms with Gasteiger partial charge >= 0.3 is 33.3 Å². The van der Waals surface area contributed by atoms with E-state index in [0.29, 0.717) is 32.1 Å². The number of aromatic nitrogens is 2. The predicted molar refractivity (Wildman–Crippen MR) is 252 cm³/mol. The number of carbonyl (C=O) groups excluding carboxylic acids is 3. The molecule has 21 heteroatoms. The fourth-order valence-corrected chi connectivity index (χ4v) is 9.24. The molecule has 1 aliphatic heterocycles. The summed E-state index contributed by atoms with van der Waals surface area (Å²) in [5, 5.41) is 20.9. The quantitative estimate of drug-likeness (QED) is 0.0136. The number of aliphatic hydroxyl groups is 2.